The van der Waals surface area contributed by atoms with Crippen molar-refractivity contribution in [2.75, 3.05) is 38.2 Å². The highest BCUT2D eigenvalue weighted by Crippen LogP contribution is 2.28. The van der Waals surface area contributed by atoms with E-state index in [1.807, 2.05) is 6.92 Å². The van der Waals surface area contributed by atoms with Gasteiger partial charge in [0.1, 0.15) is 11.9 Å². The lowest BCUT2D eigenvalue weighted by atomic mass is 10.2. The molecule has 2 N–H and O–H groups in total. The minimum Gasteiger partial charge on any atom is -0.506 e. The van der Waals surface area contributed by atoms with Crippen LogP contribution in [-0.2, 0) is 24.3 Å². The molecule has 0 radical (unpaired) electrons. The van der Waals surface area contributed by atoms with Gasteiger partial charge >= 0.3 is 0 Å². The van der Waals surface area contributed by atoms with Crippen LogP contribution in [0, 0.1) is 0 Å². The van der Waals surface area contributed by atoms with Gasteiger partial charge in [-0.05, 0) is 32.0 Å². The Hall–Kier alpha value is -1.68. The van der Waals surface area contributed by atoms with E-state index >= 15 is 0 Å². The molecule has 1 atom stereocenters. The van der Waals surface area contributed by atoms with Gasteiger partial charge in [-0.25, -0.2) is 8.42 Å². The number of carbonyl (C=O) groups excluding carboxylic acids is 1. The predicted octanol–water partition coefficient (Wildman–Crippen LogP) is 1.80. The summed E-state index contributed by atoms with van der Waals surface area (Å²) in [6, 6.07) is 3.79. The molecule has 1 aromatic carbocycles. The van der Waals surface area contributed by atoms with E-state index in [4.69, 9.17) is 9.47 Å². The molecule has 0 aliphatic rings. The molecule has 26 heavy (non-hydrogen) atoms. The zero-order valence-corrected chi connectivity index (χ0v) is 16.5. The van der Waals surface area contributed by atoms with Crippen LogP contribution in [0.5, 0.6) is 5.75 Å². The summed E-state index contributed by atoms with van der Waals surface area (Å²) >= 11 is 0. The van der Waals surface area contributed by atoms with Crippen LogP contribution in [0.2, 0.25) is 0 Å². The van der Waals surface area contributed by atoms with Gasteiger partial charge < -0.3 is 19.9 Å². The molecule has 0 aliphatic heterocycles. The molecular weight excluding hydrogens is 360 g/mol. The van der Waals surface area contributed by atoms with Crippen LogP contribution >= 0.6 is 0 Å². The first kappa shape index (κ1) is 22.4. The van der Waals surface area contributed by atoms with Crippen LogP contribution in [0.1, 0.15) is 27.7 Å². The minimum atomic E-state index is -3.69. The molecule has 1 unspecified atom stereocenters. The lowest BCUT2D eigenvalue weighted by molar-refractivity contribution is -0.127. The Morgan fingerprint density at radius 2 is 1.88 bits per heavy atom. The molecule has 0 aromatic heterocycles. The molecule has 1 aromatic rings. The smallest absolute Gasteiger partial charge is 0.253 e. The maximum absolute atomic E-state index is 12.6. The molecule has 0 aliphatic carbocycles. The highest BCUT2D eigenvalue weighted by atomic mass is 32.2. The molecule has 8 nitrogen and oxygen atoms in total. The van der Waals surface area contributed by atoms with Crippen molar-refractivity contribution in [3.8, 4) is 5.75 Å². The number of phenolic OH excluding ortho intramolecular Hbond substituents is 1. The van der Waals surface area contributed by atoms with E-state index in [2.05, 4.69) is 5.32 Å². The van der Waals surface area contributed by atoms with Gasteiger partial charge in [0.2, 0.25) is 10.0 Å². The number of benzene rings is 1. The molecule has 148 valence electrons. The minimum absolute atomic E-state index is 0.000725. The lowest BCUT2D eigenvalue weighted by Gasteiger charge is -2.19. The fourth-order valence-corrected chi connectivity index (χ4v) is 3.71. The predicted molar refractivity (Wildman–Crippen MR) is 98.8 cm³/mol. The summed E-state index contributed by atoms with van der Waals surface area (Å²) in [5.74, 6) is -0.715. The van der Waals surface area contributed by atoms with Crippen LogP contribution < -0.4 is 5.32 Å². The number of nitrogens with one attached hydrogen (secondary N) is 1. The Labute approximate surface area is 155 Å². The standard InChI is InChI=1S/C17H28N2O6S/c1-5-19(6-2)26(22,23)14-8-9-16(20)15(12-14)18-17(21)13(4)25-11-10-24-7-3/h8-9,12-13,20H,5-7,10-11H2,1-4H3,(H,18,21). The molecule has 0 saturated carbocycles. The van der Waals surface area contributed by atoms with Crippen molar-refractivity contribution in [3.63, 3.8) is 0 Å². The monoisotopic (exact) mass is 388 g/mol. The van der Waals surface area contributed by atoms with Crippen molar-refractivity contribution in [2.45, 2.75) is 38.7 Å². The number of aromatic hydroxyl groups is 1. The van der Waals surface area contributed by atoms with Crippen LogP contribution in [0.15, 0.2) is 23.1 Å². The topological polar surface area (TPSA) is 105 Å². The van der Waals surface area contributed by atoms with Gasteiger partial charge in [-0.1, -0.05) is 13.8 Å². The molecular formula is C17H28N2O6S. The number of hydrogen-bond acceptors (Lipinski definition) is 6. The van der Waals surface area contributed by atoms with Gasteiger partial charge in [-0.15, -0.1) is 0 Å². The number of hydrogen-bond donors (Lipinski definition) is 2. The summed E-state index contributed by atoms with van der Waals surface area (Å²) in [4.78, 5) is 12.2. The van der Waals surface area contributed by atoms with E-state index in [-0.39, 0.29) is 22.9 Å². The molecule has 1 amide bonds. The van der Waals surface area contributed by atoms with E-state index in [9.17, 15) is 18.3 Å². The summed E-state index contributed by atoms with van der Waals surface area (Å²) in [7, 11) is -3.69. The van der Waals surface area contributed by atoms with Gasteiger partial charge in [0, 0.05) is 19.7 Å². The first-order chi connectivity index (χ1) is 12.3. The van der Waals surface area contributed by atoms with E-state index < -0.39 is 22.0 Å². The van der Waals surface area contributed by atoms with Crippen LogP contribution in [-0.4, -0.2) is 62.8 Å². The lowest BCUT2D eigenvalue weighted by Crippen LogP contribution is -2.31. The average Bonchev–Trinajstić information content (AvgIpc) is 2.61. The summed E-state index contributed by atoms with van der Waals surface area (Å²) in [5.41, 5.74) is 0.0171. The number of carbonyl (C=O) groups is 1. The van der Waals surface area contributed by atoms with Gasteiger partial charge in [0.15, 0.2) is 0 Å². The zero-order chi connectivity index (χ0) is 19.7. The van der Waals surface area contributed by atoms with Crippen molar-refractivity contribution in [3.05, 3.63) is 18.2 Å². The Kier molecular flexibility index (Phi) is 9.00. The van der Waals surface area contributed by atoms with Gasteiger partial charge in [-0.2, -0.15) is 4.31 Å². The second-order valence-electron chi connectivity index (χ2n) is 5.47. The molecule has 0 heterocycles. The third-order valence-corrected chi connectivity index (χ3v) is 5.78. The number of rotatable bonds is 11. The first-order valence-electron chi connectivity index (χ1n) is 8.61. The summed E-state index contributed by atoms with van der Waals surface area (Å²) < 4.78 is 36.9. The number of nitrogens with zero attached hydrogens (tertiary/aromatic N) is 1. The molecule has 0 saturated heterocycles. The van der Waals surface area contributed by atoms with Gasteiger partial charge in [0.25, 0.3) is 5.91 Å². The Bertz CT molecular complexity index is 688. The van der Waals surface area contributed by atoms with Crippen LogP contribution in [0.25, 0.3) is 0 Å². The summed E-state index contributed by atoms with van der Waals surface area (Å²) in [6.45, 7) is 8.75. The van der Waals surface area contributed by atoms with Crippen molar-refractivity contribution in [1.29, 1.82) is 0 Å². The van der Waals surface area contributed by atoms with Crippen molar-refractivity contribution in [2.24, 2.45) is 0 Å². The maximum atomic E-state index is 12.6. The van der Waals surface area contributed by atoms with E-state index in [0.717, 1.165) is 0 Å². The van der Waals surface area contributed by atoms with Gasteiger partial charge in [0.05, 0.1) is 23.8 Å². The fourth-order valence-electron chi connectivity index (χ4n) is 2.23. The summed E-state index contributed by atoms with van der Waals surface area (Å²) in [5, 5.41) is 12.4. The molecule has 0 bridgehead atoms. The van der Waals surface area contributed by atoms with Crippen molar-refractivity contribution in [1.82, 2.24) is 4.31 Å². The molecule has 0 fully saturated rings. The number of phenols is 1. The second-order valence-corrected chi connectivity index (χ2v) is 7.41. The maximum Gasteiger partial charge on any atom is 0.253 e. The highest BCUT2D eigenvalue weighted by molar-refractivity contribution is 7.89. The number of anilines is 1. The third-order valence-electron chi connectivity index (χ3n) is 3.74. The van der Waals surface area contributed by atoms with Gasteiger partial charge in [-0.3, -0.25) is 4.79 Å². The molecule has 1 rings (SSSR count). The van der Waals surface area contributed by atoms with E-state index in [1.54, 1.807) is 20.8 Å². The van der Waals surface area contributed by atoms with Crippen molar-refractivity contribution >= 4 is 21.6 Å². The quantitative estimate of drug-likeness (QED) is 0.442. The number of amides is 1. The number of ether oxygens (including phenoxy) is 2. The second kappa shape index (κ2) is 10.5. The van der Waals surface area contributed by atoms with E-state index in [0.29, 0.717) is 26.3 Å². The Morgan fingerprint density at radius 1 is 1.23 bits per heavy atom. The van der Waals surface area contributed by atoms with E-state index in [1.165, 1.54) is 22.5 Å². The zero-order valence-electron chi connectivity index (χ0n) is 15.7. The van der Waals surface area contributed by atoms with Crippen LogP contribution in [0.3, 0.4) is 0 Å². The third kappa shape index (κ3) is 5.94. The SMILES string of the molecule is CCOCCOC(C)C(=O)Nc1cc(S(=O)(=O)N(CC)CC)ccc1O. The first-order valence-corrected chi connectivity index (χ1v) is 10.0. The Balaban J connectivity index is 2.89. The molecule has 9 heteroatoms. The van der Waals surface area contributed by atoms with Crippen LogP contribution in [0.4, 0.5) is 5.69 Å². The summed E-state index contributed by atoms with van der Waals surface area (Å²) in [6.07, 6.45) is -0.780. The normalized spacial score (nSPS) is 13.0. The highest BCUT2D eigenvalue weighted by Gasteiger charge is 2.23. The largest absolute Gasteiger partial charge is 0.506 e. The Morgan fingerprint density at radius 3 is 2.46 bits per heavy atom. The molecule has 0 spiro atoms. The number of sulfonamides is 1. The van der Waals surface area contributed by atoms with Crippen molar-refractivity contribution < 1.29 is 27.8 Å². The fraction of sp³-hybridized carbons (Fsp3) is 0.588. The average molecular weight is 388 g/mol.